The predicted octanol–water partition coefficient (Wildman–Crippen LogP) is -0.157. The topological polar surface area (TPSA) is 101 Å². The van der Waals surface area contributed by atoms with Crippen LogP contribution in [0, 0.1) is 0 Å². The van der Waals surface area contributed by atoms with Gasteiger partial charge in [-0.25, -0.2) is 13.1 Å². The molecule has 1 atom stereocenters. The number of carbonyl (C=O) groups excluding carboxylic acids is 1. The Morgan fingerprint density at radius 3 is 2.75 bits per heavy atom. The molecule has 110 valence electrons. The maximum atomic E-state index is 12.0. The SMILES string of the molecule is NCc1cccc(CS(=O)(=O)NCC2CCC(=O)N2)c1. The average Bonchev–Trinajstić information content (AvgIpc) is 2.82. The highest BCUT2D eigenvalue weighted by atomic mass is 32.2. The molecular weight excluding hydrogens is 278 g/mol. The van der Waals surface area contributed by atoms with Crippen molar-refractivity contribution in [3.05, 3.63) is 35.4 Å². The summed E-state index contributed by atoms with van der Waals surface area (Å²) >= 11 is 0. The Morgan fingerprint density at radius 1 is 1.35 bits per heavy atom. The van der Waals surface area contributed by atoms with Crippen LogP contribution in [0.3, 0.4) is 0 Å². The van der Waals surface area contributed by atoms with Gasteiger partial charge in [-0.2, -0.15) is 0 Å². The fourth-order valence-electron chi connectivity index (χ4n) is 2.17. The van der Waals surface area contributed by atoms with Crippen LogP contribution >= 0.6 is 0 Å². The normalized spacial score (nSPS) is 19.1. The van der Waals surface area contributed by atoms with Crippen LogP contribution in [-0.2, 0) is 27.1 Å². The van der Waals surface area contributed by atoms with E-state index in [1.807, 2.05) is 6.07 Å². The molecule has 0 saturated carbocycles. The molecule has 0 aromatic heterocycles. The first-order valence-electron chi connectivity index (χ1n) is 6.53. The zero-order valence-electron chi connectivity index (χ0n) is 11.1. The largest absolute Gasteiger partial charge is 0.352 e. The van der Waals surface area contributed by atoms with E-state index >= 15 is 0 Å². The monoisotopic (exact) mass is 297 g/mol. The Hall–Kier alpha value is -1.44. The Morgan fingerprint density at radius 2 is 2.10 bits per heavy atom. The van der Waals surface area contributed by atoms with Gasteiger partial charge in [0.25, 0.3) is 0 Å². The first kappa shape index (κ1) is 15.0. The van der Waals surface area contributed by atoms with Crippen LogP contribution in [0.15, 0.2) is 24.3 Å². The third-order valence-corrected chi connectivity index (χ3v) is 4.54. The Balaban J connectivity index is 1.91. The molecule has 1 aromatic rings. The summed E-state index contributed by atoms with van der Waals surface area (Å²) in [6.45, 7) is 0.625. The second-order valence-electron chi connectivity index (χ2n) is 4.93. The molecule has 0 aliphatic carbocycles. The van der Waals surface area contributed by atoms with Gasteiger partial charge in [0.05, 0.1) is 5.75 Å². The molecule has 1 heterocycles. The average molecular weight is 297 g/mol. The summed E-state index contributed by atoms with van der Waals surface area (Å²) < 4.78 is 26.5. The lowest BCUT2D eigenvalue weighted by Crippen LogP contribution is -2.38. The number of hydrogen-bond donors (Lipinski definition) is 3. The smallest absolute Gasteiger partial charge is 0.220 e. The lowest BCUT2D eigenvalue weighted by atomic mass is 10.1. The molecule has 0 spiro atoms. The molecular formula is C13H19N3O3S. The molecule has 20 heavy (non-hydrogen) atoms. The lowest BCUT2D eigenvalue weighted by Gasteiger charge is -2.12. The fraction of sp³-hybridized carbons (Fsp3) is 0.462. The maximum absolute atomic E-state index is 12.0. The quantitative estimate of drug-likeness (QED) is 0.679. The summed E-state index contributed by atoms with van der Waals surface area (Å²) in [4.78, 5) is 11.0. The molecule has 0 bridgehead atoms. The van der Waals surface area contributed by atoms with Gasteiger partial charge in [0, 0.05) is 25.6 Å². The molecule has 1 amide bonds. The minimum absolute atomic E-state index is 0.0233. The summed E-state index contributed by atoms with van der Waals surface area (Å²) in [6.07, 6.45) is 1.13. The van der Waals surface area contributed by atoms with E-state index in [-0.39, 0.29) is 24.2 Å². The molecule has 4 N–H and O–H groups in total. The molecule has 7 heteroatoms. The summed E-state index contributed by atoms with van der Waals surface area (Å²) in [5.41, 5.74) is 7.14. The maximum Gasteiger partial charge on any atom is 0.220 e. The number of nitrogens with two attached hydrogens (primary N) is 1. The molecule has 1 saturated heterocycles. The van der Waals surface area contributed by atoms with Crippen molar-refractivity contribution in [1.82, 2.24) is 10.0 Å². The highest BCUT2D eigenvalue weighted by Crippen LogP contribution is 2.09. The van der Waals surface area contributed by atoms with Crippen LogP contribution in [0.2, 0.25) is 0 Å². The molecule has 1 fully saturated rings. The minimum atomic E-state index is -3.41. The predicted molar refractivity (Wildman–Crippen MR) is 76.1 cm³/mol. The van der Waals surface area contributed by atoms with E-state index in [9.17, 15) is 13.2 Å². The molecule has 1 aliphatic rings. The van der Waals surface area contributed by atoms with Crippen molar-refractivity contribution >= 4 is 15.9 Å². The van der Waals surface area contributed by atoms with Crippen molar-refractivity contribution in [1.29, 1.82) is 0 Å². The van der Waals surface area contributed by atoms with E-state index in [0.717, 1.165) is 5.56 Å². The van der Waals surface area contributed by atoms with Crippen molar-refractivity contribution in [2.75, 3.05) is 6.54 Å². The van der Waals surface area contributed by atoms with Gasteiger partial charge in [0.1, 0.15) is 0 Å². The van der Waals surface area contributed by atoms with Crippen LogP contribution < -0.4 is 15.8 Å². The summed E-state index contributed by atoms with van der Waals surface area (Å²) in [5.74, 6) is -0.105. The third-order valence-electron chi connectivity index (χ3n) is 3.22. The van der Waals surface area contributed by atoms with Crippen molar-refractivity contribution in [2.24, 2.45) is 5.73 Å². The molecule has 1 aliphatic heterocycles. The van der Waals surface area contributed by atoms with Crippen molar-refractivity contribution in [2.45, 2.75) is 31.2 Å². The minimum Gasteiger partial charge on any atom is -0.352 e. The molecule has 1 aromatic carbocycles. The van der Waals surface area contributed by atoms with Crippen LogP contribution in [-0.4, -0.2) is 26.9 Å². The van der Waals surface area contributed by atoms with Gasteiger partial charge in [-0.1, -0.05) is 24.3 Å². The zero-order valence-corrected chi connectivity index (χ0v) is 11.9. The number of benzene rings is 1. The highest BCUT2D eigenvalue weighted by molar-refractivity contribution is 7.88. The Labute approximate surface area is 118 Å². The zero-order chi connectivity index (χ0) is 14.6. The second kappa shape index (κ2) is 6.34. The Bertz CT molecular complexity index is 586. The molecule has 6 nitrogen and oxygen atoms in total. The van der Waals surface area contributed by atoms with E-state index in [0.29, 0.717) is 24.9 Å². The van der Waals surface area contributed by atoms with Gasteiger partial charge < -0.3 is 11.1 Å². The van der Waals surface area contributed by atoms with Gasteiger partial charge in [-0.15, -0.1) is 0 Å². The van der Waals surface area contributed by atoms with Crippen molar-refractivity contribution in [3.63, 3.8) is 0 Å². The van der Waals surface area contributed by atoms with E-state index < -0.39 is 10.0 Å². The van der Waals surface area contributed by atoms with Crippen molar-refractivity contribution < 1.29 is 13.2 Å². The van der Waals surface area contributed by atoms with Crippen LogP contribution in [0.5, 0.6) is 0 Å². The second-order valence-corrected chi connectivity index (χ2v) is 6.74. The number of hydrogen-bond acceptors (Lipinski definition) is 4. The van der Waals surface area contributed by atoms with Gasteiger partial charge in [0.15, 0.2) is 0 Å². The van der Waals surface area contributed by atoms with Gasteiger partial charge in [-0.05, 0) is 17.5 Å². The van der Waals surface area contributed by atoms with Gasteiger partial charge in [0.2, 0.25) is 15.9 Å². The third kappa shape index (κ3) is 4.29. The molecule has 1 unspecified atom stereocenters. The van der Waals surface area contributed by atoms with Crippen LogP contribution in [0.4, 0.5) is 0 Å². The van der Waals surface area contributed by atoms with E-state index in [1.54, 1.807) is 18.2 Å². The van der Waals surface area contributed by atoms with Crippen LogP contribution in [0.25, 0.3) is 0 Å². The number of sulfonamides is 1. The molecule has 2 rings (SSSR count). The summed E-state index contributed by atoms with van der Waals surface area (Å²) in [7, 11) is -3.41. The van der Waals surface area contributed by atoms with E-state index in [2.05, 4.69) is 10.0 Å². The number of rotatable bonds is 6. The standard InChI is InChI=1S/C13H19N3O3S/c14-7-10-2-1-3-11(6-10)9-20(18,19)15-8-12-4-5-13(17)16-12/h1-3,6,12,15H,4-5,7-9,14H2,(H,16,17). The van der Waals surface area contributed by atoms with Crippen molar-refractivity contribution in [3.8, 4) is 0 Å². The fourth-order valence-corrected chi connectivity index (χ4v) is 3.35. The summed E-state index contributed by atoms with van der Waals surface area (Å²) in [5, 5.41) is 2.73. The van der Waals surface area contributed by atoms with Crippen LogP contribution in [0.1, 0.15) is 24.0 Å². The summed E-state index contributed by atoms with van der Waals surface area (Å²) in [6, 6.07) is 7.10. The van der Waals surface area contributed by atoms with E-state index in [4.69, 9.17) is 5.73 Å². The lowest BCUT2D eigenvalue weighted by molar-refractivity contribution is -0.119. The number of nitrogens with one attached hydrogen (secondary N) is 2. The highest BCUT2D eigenvalue weighted by Gasteiger charge is 2.22. The molecule has 0 radical (unpaired) electrons. The first-order chi connectivity index (χ1) is 9.48. The number of amides is 1. The Kier molecular flexibility index (Phi) is 4.74. The first-order valence-corrected chi connectivity index (χ1v) is 8.18. The van der Waals surface area contributed by atoms with Gasteiger partial charge in [-0.3, -0.25) is 4.79 Å². The number of carbonyl (C=O) groups is 1. The van der Waals surface area contributed by atoms with E-state index in [1.165, 1.54) is 0 Å². The van der Waals surface area contributed by atoms with Gasteiger partial charge >= 0.3 is 0 Å².